The molecule has 3 heterocycles. The molecule has 4 aromatic rings. The predicted molar refractivity (Wildman–Crippen MR) is 180 cm³/mol. The van der Waals surface area contributed by atoms with Crippen LogP contribution in [0.1, 0.15) is 54.4 Å². The van der Waals surface area contributed by atoms with E-state index in [0.29, 0.717) is 23.0 Å². The van der Waals surface area contributed by atoms with E-state index in [1.54, 1.807) is 17.0 Å². The Hall–Kier alpha value is -3.94. The molecule has 0 spiro atoms. The summed E-state index contributed by atoms with van der Waals surface area (Å²) in [6.45, 7) is 2.30. The zero-order valence-electron chi connectivity index (χ0n) is 26.9. The number of aromatic nitrogens is 2. The number of aliphatic hydroxyl groups is 1. The van der Waals surface area contributed by atoms with Crippen LogP contribution in [0, 0.1) is 5.92 Å². The van der Waals surface area contributed by atoms with Gasteiger partial charge in [-0.15, -0.1) is 0 Å². The number of amides is 2. The minimum Gasteiger partial charge on any atom is -0.392 e. The van der Waals surface area contributed by atoms with E-state index in [9.17, 15) is 27.9 Å². The maximum Gasteiger partial charge on any atom is 0.471 e. The molecule has 0 saturated carbocycles. The number of likely N-dealkylation sites (tertiary alicyclic amines) is 1. The van der Waals surface area contributed by atoms with Crippen LogP contribution in [0.2, 0.25) is 10.3 Å². The fourth-order valence-corrected chi connectivity index (χ4v) is 6.78. The summed E-state index contributed by atoms with van der Waals surface area (Å²) in [5, 5.41) is 12.8. The molecule has 2 fully saturated rings. The number of nitrogens with one attached hydrogen (secondary N) is 1. The highest BCUT2D eigenvalue weighted by atomic mass is 35.5. The number of alkyl halides is 3. The first-order valence-corrected chi connectivity index (χ1v) is 16.9. The first kappa shape index (κ1) is 35.9. The number of hydrogen-bond acceptors (Lipinski definition) is 6. The Kier molecular flexibility index (Phi) is 10.8. The maximum absolute atomic E-state index is 13.0. The van der Waals surface area contributed by atoms with E-state index in [4.69, 9.17) is 32.7 Å². The van der Waals surface area contributed by atoms with Crippen LogP contribution in [-0.2, 0) is 38.8 Å². The average molecular weight is 732 g/mol. The highest BCUT2D eigenvalue weighted by Crippen LogP contribution is 2.43. The van der Waals surface area contributed by atoms with E-state index < -0.39 is 30.3 Å². The van der Waals surface area contributed by atoms with Gasteiger partial charge >= 0.3 is 12.1 Å². The molecule has 5 unspecified atom stereocenters. The maximum atomic E-state index is 13.0. The van der Waals surface area contributed by atoms with Crippen molar-refractivity contribution in [2.75, 3.05) is 6.54 Å². The molecular weight excluding hydrogens is 696 g/mol. The second-order valence-electron chi connectivity index (χ2n) is 12.5. The van der Waals surface area contributed by atoms with E-state index in [2.05, 4.69) is 10.3 Å². The lowest BCUT2D eigenvalue weighted by atomic mass is 9.90. The van der Waals surface area contributed by atoms with E-state index in [1.807, 2.05) is 73.7 Å². The van der Waals surface area contributed by atoms with Gasteiger partial charge in [0.25, 0.3) is 0 Å². The van der Waals surface area contributed by atoms with Crippen LogP contribution in [0.25, 0.3) is 11.1 Å². The summed E-state index contributed by atoms with van der Waals surface area (Å²) in [4.78, 5) is 29.4. The van der Waals surface area contributed by atoms with E-state index >= 15 is 0 Å². The van der Waals surface area contributed by atoms with Crippen LogP contribution in [0.3, 0.4) is 0 Å². The van der Waals surface area contributed by atoms with Gasteiger partial charge < -0.3 is 29.4 Å². The van der Waals surface area contributed by atoms with E-state index in [0.717, 1.165) is 33.4 Å². The van der Waals surface area contributed by atoms with Crippen molar-refractivity contribution in [3.8, 4) is 11.1 Å². The number of aliphatic hydroxyl groups excluding tert-OH is 1. The smallest absolute Gasteiger partial charge is 0.392 e. The van der Waals surface area contributed by atoms with Gasteiger partial charge in [-0.3, -0.25) is 9.59 Å². The number of hydrogen-bond donors (Lipinski definition) is 2. The molecule has 2 aliphatic rings. The first-order chi connectivity index (χ1) is 23.9. The van der Waals surface area contributed by atoms with Crippen LogP contribution < -0.4 is 5.32 Å². The molecule has 264 valence electrons. The number of nitrogens with zero attached hydrogens (tertiary/aromatic N) is 3. The van der Waals surface area contributed by atoms with Gasteiger partial charge in [-0.05, 0) is 52.8 Å². The number of rotatable bonds is 9. The van der Waals surface area contributed by atoms with Crippen LogP contribution in [0.5, 0.6) is 0 Å². The number of halogens is 5. The Balaban J connectivity index is 1.20. The number of benzene rings is 3. The third-order valence-corrected chi connectivity index (χ3v) is 9.95. The van der Waals surface area contributed by atoms with Crippen molar-refractivity contribution < 1.29 is 37.3 Å². The van der Waals surface area contributed by atoms with Gasteiger partial charge in [0.2, 0.25) is 5.91 Å². The summed E-state index contributed by atoms with van der Waals surface area (Å²) < 4.78 is 54.0. The molecule has 0 aliphatic carbocycles. The molecule has 2 N–H and O–H groups in total. The molecule has 9 nitrogen and oxygen atoms in total. The molecule has 6 rings (SSSR count). The Morgan fingerprint density at radius 3 is 2.38 bits per heavy atom. The Labute approximate surface area is 296 Å². The molecule has 2 saturated heterocycles. The number of carbonyl (C=O) groups excluding carboxylic acids is 2. The second kappa shape index (κ2) is 15.1. The standard InChI is InChI=1S/C36H35Cl2F3N4O5/c1-21-29(18-44-20-43-31(37)32(44)38)49-34(50-30(21)24-12-10-22(19-46)11-13-24)27-8-3-7-26(16-27)25-6-2-5-23(15-25)17-42-33(47)28-9-4-14-45(28)35(48)36(39,40)41/h2-3,5-8,10-13,15-16,20-21,28-30,34,46H,4,9,14,17-19H2,1H3,(H,42,47). The summed E-state index contributed by atoms with van der Waals surface area (Å²) in [7, 11) is 0. The van der Waals surface area contributed by atoms with Crippen molar-refractivity contribution in [1.82, 2.24) is 19.8 Å². The number of ether oxygens (including phenoxy) is 2. The second-order valence-corrected chi connectivity index (χ2v) is 13.2. The number of imidazole rings is 1. The highest BCUT2D eigenvalue weighted by molar-refractivity contribution is 6.40. The topological polar surface area (TPSA) is 106 Å². The van der Waals surface area contributed by atoms with Crippen molar-refractivity contribution in [2.45, 2.75) is 70.2 Å². The molecule has 50 heavy (non-hydrogen) atoms. The molecular formula is C36H35Cl2F3N4O5. The van der Waals surface area contributed by atoms with E-state index in [1.165, 1.54) is 0 Å². The molecule has 2 aliphatic heterocycles. The monoisotopic (exact) mass is 730 g/mol. The average Bonchev–Trinajstić information content (AvgIpc) is 3.74. The minimum atomic E-state index is -5.03. The molecule has 1 aromatic heterocycles. The van der Waals surface area contributed by atoms with Gasteiger partial charge in [0.1, 0.15) is 11.2 Å². The van der Waals surface area contributed by atoms with Gasteiger partial charge in [0, 0.05) is 24.6 Å². The van der Waals surface area contributed by atoms with Crippen LogP contribution in [-0.4, -0.2) is 56.2 Å². The summed E-state index contributed by atoms with van der Waals surface area (Å²) in [5.74, 6) is -2.73. The molecule has 0 bridgehead atoms. The first-order valence-electron chi connectivity index (χ1n) is 16.1. The minimum absolute atomic E-state index is 0.0714. The molecule has 2 amide bonds. The van der Waals surface area contributed by atoms with Crippen LogP contribution >= 0.6 is 23.2 Å². The predicted octanol–water partition coefficient (Wildman–Crippen LogP) is 7.01. The van der Waals surface area contributed by atoms with E-state index in [-0.39, 0.29) is 49.4 Å². The summed E-state index contributed by atoms with van der Waals surface area (Å²) in [5.41, 5.74) is 4.90. The van der Waals surface area contributed by atoms with Gasteiger partial charge in [-0.25, -0.2) is 4.98 Å². The van der Waals surface area contributed by atoms with Crippen molar-refractivity contribution >= 4 is 35.0 Å². The zero-order chi connectivity index (χ0) is 35.6. The van der Waals surface area contributed by atoms with Crippen LogP contribution in [0.15, 0.2) is 79.1 Å². The van der Waals surface area contributed by atoms with Crippen molar-refractivity contribution in [1.29, 1.82) is 0 Å². The molecule has 0 radical (unpaired) electrons. The molecule has 14 heteroatoms. The normalized spacial score (nSPS) is 22.5. The number of carbonyl (C=O) groups is 2. The van der Waals surface area contributed by atoms with Crippen LogP contribution in [0.4, 0.5) is 13.2 Å². The third-order valence-electron chi connectivity index (χ3n) is 9.18. The Bertz CT molecular complexity index is 1840. The van der Waals surface area contributed by atoms with Gasteiger partial charge in [-0.1, -0.05) is 90.8 Å². The van der Waals surface area contributed by atoms with Crippen molar-refractivity contribution in [3.05, 3.63) is 112 Å². The highest BCUT2D eigenvalue weighted by Gasteiger charge is 2.47. The molecule has 3 aromatic carbocycles. The van der Waals surface area contributed by atoms with Crippen molar-refractivity contribution in [3.63, 3.8) is 0 Å². The zero-order valence-corrected chi connectivity index (χ0v) is 28.5. The fourth-order valence-electron chi connectivity index (χ4n) is 6.47. The summed E-state index contributed by atoms with van der Waals surface area (Å²) in [6.07, 6.45) is -4.44. The lowest BCUT2D eigenvalue weighted by molar-refractivity contribution is -0.276. The molecule has 5 atom stereocenters. The quantitative estimate of drug-likeness (QED) is 0.192. The summed E-state index contributed by atoms with van der Waals surface area (Å²) in [6, 6.07) is 21.6. The lowest BCUT2D eigenvalue weighted by Crippen LogP contribution is -2.50. The fraction of sp³-hybridized carbons (Fsp3) is 0.361. The largest absolute Gasteiger partial charge is 0.471 e. The van der Waals surface area contributed by atoms with Crippen molar-refractivity contribution in [2.24, 2.45) is 5.92 Å². The van der Waals surface area contributed by atoms with Gasteiger partial charge in [-0.2, -0.15) is 13.2 Å². The Morgan fingerprint density at radius 1 is 0.980 bits per heavy atom. The van der Waals surface area contributed by atoms with Gasteiger partial charge in [0.05, 0.1) is 31.7 Å². The lowest BCUT2D eigenvalue weighted by Gasteiger charge is -2.41. The summed E-state index contributed by atoms with van der Waals surface area (Å²) >= 11 is 12.5. The SMILES string of the molecule is CC1C(Cn2cnc(Cl)c2Cl)OC(c2cccc(-c3cccc(CNC(=O)C4CCCN4C(=O)C(F)(F)F)c3)c2)OC1c1ccc(CO)cc1. The third kappa shape index (κ3) is 7.84. The van der Waals surface area contributed by atoms with Gasteiger partial charge in [0.15, 0.2) is 11.4 Å². The Morgan fingerprint density at radius 2 is 1.70 bits per heavy atom.